The Balaban J connectivity index is 1.98. The summed E-state index contributed by atoms with van der Waals surface area (Å²) in [5, 5.41) is 12.5. The first-order valence-corrected chi connectivity index (χ1v) is 6.88. The Hall–Kier alpha value is -2.13. The summed E-state index contributed by atoms with van der Waals surface area (Å²) in [5.41, 5.74) is 3.58. The van der Waals surface area contributed by atoms with E-state index in [2.05, 4.69) is 5.32 Å². The molecule has 1 aliphatic rings. The molecule has 1 fully saturated rings. The second-order valence-corrected chi connectivity index (χ2v) is 5.12. The highest BCUT2D eigenvalue weighted by Crippen LogP contribution is 2.34. The molecule has 0 radical (unpaired) electrons. The molecule has 102 valence electrons. The fourth-order valence-corrected chi connectivity index (χ4v) is 2.33. The van der Waals surface area contributed by atoms with E-state index in [1.54, 1.807) is 0 Å². The molecule has 1 saturated carbocycles. The van der Waals surface area contributed by atoms with Crippen LogP contribution in [0.5, 0.6) is 0 Å². The van der Waals surface area contributed by atoms with Crippen molar-refractivity contribution in [1.29, 1.82) is 0 Å². The van der Waals surface area contributed by atoms with Crippen LogP contribution in [0.2, 0.25) is 0 Å². The summed E-state index contributed by atoms with van der Waals surface area (Å²) in [6, 6.07) is 15.4. The van der Waals surface area contributed by atoms with Crippen molar-refractivity contribution in [3.63, 3.8) is 0 Å². The monoisotopic (exact) mass is 267 g/mol. The van der Waals surface area contributed by atoms with Crippen LogP contribution < -0.4 is 5.32 Å². The Morgan fingerprint density at radius 3 is 2.40 bits per heavy atom. The molecule has 3 rings (SSSR count). The molecular weight excluding hydrogens is 250 g/mol. The molecule has 0 unspecified atom stereocenters. The number of benzene rings is 2. The maximum Gasteiger partial charge on any atom is 0.227 e. The van der Waals surface area contributed by atoms with Gasteiger partial charge in [-0.15, -0.1) is 0 Å². The third-order valence-corrected chi connectivity index (χ3v) is 3.61. The van der Waals surface area contributed by atoms with Crippen molar-refractivity contribution in [2.45, 2.75) is 19.4 Å². The van der Waals surface area contributed by atoms with Gasteiger partial charge in [0.15, 0.2) is 0 Å². The van der Waals surface area contributed by atoms with Crippen LogP contribution in [-0.4, -0.2) is 11.0 Å². The lowest BCUT2D eigenvalue weighted by atomic mass is 9.98. The molecule has 3 heteroatoms. The van der Waals surface area contributed by atoms with Crippen LogP contribution >= 0.6 is 0 Å². The average molecular weight is 267 g/mol. The van der Waals surface area contributed by atoms with E-state index in [4.69, 9.17) is 0 Å². The number of aliphatic hydroxyl groups excluding tert-OH is 1. The molecule has 20 heavy (non-hydrogen) atoms. The number of anilines is 1. The number of nitrogens with one attached hydrogen (secondary N) is 1. The predicted octanol–water partition coefficient (Wildman–Crippen LogP) is 3.19. The number of hydrogen-bond donors (Lipinski definition) is 2. The molecule has 1 amide bonds. The minimum atomic E-state index is -0.0128. The van der Waals surface area contributed by atoms with Gasteiger partial charge in [0.2, 0.25) is 5.91 Å². The van der Waals surface area contributed by atoms with Gasteiger partial charge in [-0.2, -0.15) is 0 Å². The largest absolute Gasteiger partial charge is 0.392 e. The molecular formula is C17H17NO2. The Morgan fingerprint density at radius 2 is 1.70 bits per heavy atom. The summed E-state index contributed by atoms with van der Waals surface area (Å²) >= 11 is 0. The van der Waals surface area contributed by atoms with Crippen molar-refractivity contribution in [2.75, 3.05) is 5.32 Å². The number of para-hydroxylation sites is 1. The SMILES string of the molecule is O=C(Nc1ccccc1-c1ccccc1CO)C1CC1. The summed E-state index contributed by atoms with van der Waals surface area (Å²) in [4.78, 5) is 12.0. The molecule has 0 saturated heterocycles. The van der Waals surface area contributed by atoms with Gasteiger partial charge in [-0.1, -0.05) is 42.5 Å². The molecule has 2 N–H and O–H groups in total. The lowest BCUT2D eigenvalue weighted by molar-refractivity contribution is -0.117. The highest BCUT2D eigenvalue weighted by molar-refractivity contribution is 5.98. The van der Waals surface area contributed by atoms with E-state index in [1.807, 2.05) is 48.5 Å². The summed E-state index contributed by atoms with van der Waals surface area (Å²) in [5.74, 6) is 0.273. The zero-order chi connectivity index (χ0) is 13.9. The van der Waals surface area contributed by atoms with Crippen molar-refractivity contribution in [3.05, 3.63) is 54.1 Å². The molecule has 3 nitrogen and oxygen atoms in total. The zero-order valence-corrected chi connectivity index (χ0v) is 11.2. The van der Waals surface area contributed by atoms with E-state index in [9.17, 15) is 9.90 Å². The number of hydrogen-bond acceptors (Lipinski definition) is 2. The van der Waals surface area contributed by atoms with Gasteiger partial charge in [0, 0.05) is 17.2 Å². The van der Waals surface area contributed by atoms with Gasteiger partial charge in [-0.05, 0) is 30.0 Å². The molecule has 0 aliphatic heterocycles. The van der Waals surface area contributed by atoms with E-state index in [0.717, 1.165) is 35.2 Å². The summed E-state index contributed by atoms with van der Waals surface area (Å²) in [6.07, 6.45) is 1.97. The van der Waals surface area contributed by atoms with E-state index in [0.29, 0.717) is 0 Å². The lowest BCUT2D eigenvalue weighted by Crippen LogP contribution is -2.14. The van der Waals surface area contributed by atoms with Crippen LogP contribution in [0.3, 0.4) is 0 Å². The van der Waals surface area contributed by atoms with E-state index in [-0.39, 0.29) is 18.4 Å². The zero-order valence-electron chi connectivity index (χ0n) is 11.2. The van der Waals surface area contributed by atoms with Gasteiger partial charge >= 0.3 is 0 Å². The van der Waals surface area contributed by atoms with Crippen LogP contribution in [0.1, 0.15) is 18.4 Å². The van der Waals surface area contributed by atoms with Crippen molar-refractivity contribution in [3.8, 4) is 11.1 Å². The highest BCUT2D eigenvalue weighted by Gasteiger charge is 2.30. The van der Waals surface area contributed by atoms with Crippen LogP contribution in [-0.2, 0) is 11.4 Å². The Labute approximate surface area is 118 Å². The van der Waals surface area contributed by atoms with E-state index < -0.39 is 0 Å². The van der Waals surface area contributed by atoms with Crippen LogP contribution in [0, 0.1) is 5.92 Å². The number of carbonyl (C=O) groups is 1. The lowest BCUT2D eigenvalue weighted by Gasteiger charge is -2.13. The second kappa shape index (κ2) is 5.47. The highest BCUT2D eigenvalue weighted by atomic mass is 16.3. The quantitative estimate of drug-likeness (QED) is 0.893. The summed E-state index contributed by atoms with van der Waals surface area (Å²) < 4.78 is 0. The molecule has 2 aromatic rings. The van der Waals surface area contributed by atoms with Crippen molar-refractivity contribution in [1.82, 2.24) is 0 Å². The Morgan fingerprint density at radius 1 is 1.05 bits per heavy atom. The van der Waals surface area contributed by atoms with E-state index >= 15 is 0 Å². The molecule has 0 spiro atoms. The number of aliphatic hydroxyl groups is 1. The summed E-state index contributed by atoms with van der Waals surface area (Å²) in [6.45, 7) is -0.0128. The fourth-order valence-electron chi connectivity index (χ4n) is 2.33. The van der Waals surface area contributed by atoms with Gasteiger partial charge in [0.25, 0.3) is 0 Å². The number of rotatable bonds is 4. The van der Waals surface area contributed by atoms with Crippen molar-refractivity contribution < 1.29 is 9.90 Å². The van der Waals surface area contributed by atoms with Gasteiger partial charge in [0.1, 0.15) is 0 Å². The van der Waals surface area contributed by atoms with Crippen LogP contribution in [0.4, 0.5) is 5.69 Å². The molecule has 0 aromatic heterocycles. The Kier molecular flexibility index (Phi) is 3.52. The van der Waals surface area contributed by atoms with Crippen molar-refractivity contribution in [2.24, 2.45) is 5.92 Å². The average Bonchev–Trinajstić information content (AvgIpc) is 3.32. The molecule has 1 aliphatic carbocycles. The van der Waals surface area contributed by atoms with Gasteiger partial charge in [-0.25, -0.2) is 0 Å². The number of carbonyl (C=O) groups excluding carboxylic acids is 1. The van der Waals surface area contributed by atoms with Gasteiger partial charge in [-0.3, -0.25) is 4.79 Å². The maximum absolute atomic E-state index is 12.0. The molecule has 0 bridgehead atoms. The Bertz CT molecular complexity index is 632. The first kappa shape index (κ1) is 12.9. The number of amides is 1. The fraction of sp³-hybridized carbons (Fsp3) is 0.235. The smallest absolute Gasteiger partial charge is 0.227 e. The molecule has 0 atom stereocenters. The van der Waals surface area contributed by atoms with Crippen LogP contribution in [0.15, 0.2) is 48.5 Å². The normalized spacial score (nSPS) is 14.1. The predicted molar refractivity (Wildman–Crippen MR) is 79.2 cm³/mol. The molecule has 0 heterocycles. The van der Waals surface area contributed by atoms with Gasteiger partial charge < -0.3 is 10.4 Å². The first-order valence-electron chi connectivity index (χ1n) is 6.88. The second-order valence-electron chi connectivity index (χ2n) is 5.12. The summed E-state index contributed by atoms with van der Waals surface area (Å²) in [7, 11) is 0. The minimum absolute atomic E-state index is 0.0128. The topological polar surface area (TPSA) is 49.3 Å². The maximum atomic E-state index is 12.0. The van der Waals surface area contributed by atoms with E-state index in [1.165, 1.54) is 0 Å². The third-order valence-electron chi connectivity index (χ3n) is 3.61. The third kappa shape index (κ3) is 2.58. The standard InChI is InChI=1S/C17H17NO2/c19-11-13-5-1-2-6-14(13)15-7-3-4-8-16(15)18-17(20)12-9-10-12/h1-8,12,19H,9-11H2,(H,18,20). The van der Waals surface area contributed by atoms with Gasteiger partial charge in [0.05, 0.1) is 6.61 Å². The van der Waals surface area contributed by atoms with Crippen LogP contribution in [0.25, 0.3) is 11.1 Å². The first-order chi connectivity index (χ1) is 9.79. The molecule has 2 aromatic carbocycles. The minimum Gasteiger partial charge on any atom is -0.392 e. The van der Waals surface area contributed by atoms with Crippen molar-refractivity contribution >= 4 is 11.6 Å².